The Morgan fingerprint density at radius 1 is 0.625 bits per heavy atom. The molecule has 0 aliphatic heterocycles. The highest BCUT2D eigenvalue weighted by atomic mass is 79.9. The Bertz CT molecular complexity index is 1430. The first-order chi connectivity index (χ1) is 18.3. The molecule has 0 amide bonds. The zero-order valence-corrected chi connectivity index (χ0v) is 27.3. The molecule has 40 heavy (non-hydrogen) atoms. The third-order valence-corrected chi connectivity index (χ3v) is 9.01. The van der Waals surface area contributed by atoms with E-state index in [-0.39, 0.29) is 20.6 Å². The van der Waals surface area contributed by atoms with Crippen LogP contribution in [-0.4, -0.2) is 39.2 Å². The highest BCUT2D eigenvalue weighted by Gasteiger charge is 2.23. The van der Waals surface area contributed by atoms with Gasteiger partial charge in [-0.2, -0.15) is 16.8 Å². The highest BCUT2D eigenvalue weighted by molar-refractivity contribution is 9.11. The molecule has 0 aliphatic rings. The van der Waals surface area contributed by atoms with Gasteiger partial charge in [-0.15, -0.1) is 0 Å². The normalized spacial score (nSPS) is 12.8. The predicted octanol–water partition coefficient (Wildman–Crippen LogP) is 7.00. The minimum Gasteiger partial charge on any atom is -0.492 e. The van der Waals surface area contributed by atoms with Gasteiger partial charge in [0.2, 0.25) is 0 Å². The van der Waals surface area contributed by atoms with Gasteiger partial charge in [-0.05, 0) is 92.2 Å². The zero-order chi connectivity index (χ0) is 29.9. The Kier molecular flexibility index (Phi) is 10.2. The summed E-state index contributed by atoms with van der Waals surface area (Å²) in [4.78, 5) is -0.279. The average molecular weight is 720 g/mol. The number of rotatable bonds is 12. The Hall–Kier alpha value is -1.96. The van der Waals surface area contributed by atoms with Gasteiger partial charge >= 0.3 is 0 Å². The van der Waals surface area contributed by atoms with Crippen LogP contribution in [0.2, 0.25) is 0 Å². The van der Waals surface area contributed by atoms with E-state index in [1.165, 1.54) is 24.3 Å². The van der Waals surface area contributed by atoms with Crippen molar-refractivity contribution < 1.29 is 35.4 Å². The van der Waals surface area contributed by atoms with E-state index in [9.17, 15) is 16.8 Å². The van der Waals surface area contributed by atoms with Gasteiger partial charge in [0.25, 0.3) is 20.2 Å². The van der Waals surface area contributed by atoms with Crippen LogP contribution in [0.4, 0.5) is 0 Å². The van der Waals surface area contributed by atoms with Crippen molar-refractivity contribution in [1.82, 2.24) is 0 Å². The number of benzene rings is 3. The first-order valence-electron chi connectivity index (χ1n) is 12.2. The summed E-state index contributed by atoms with van der Waals surface area (Å²) in [7, 11) is -8.45. The summed E-state index contributed by atoms with van der Waals surface area (Å²) in [5, 5.41) is 0. The minimum absolute atomic E-state index is 0.140. The van der Waals surface area contributed by atoms with Gasteiger partial charge in [0.1, 0.15) is 11.5 Å². The van der Waals surface area contributed by atoms with Gasteiger partial charge < -0.3 is 9.47 Å². The van der Waals surface area contributed by atoms with Crippen molar-refractivity contribution in [3.8, 4) is 11.5 Å². The Morgan fingerprint density at radius 3 is 1.20 bits per heavy atom. The van der Waals surface area contributed by atoms with Gasteiger partial charge in [0, 0.05) is 10.8 Å². The summed E-state index contributed by atoms with van der Waals surface area (Å²) in [6, 6.07) is 15.9. The molecule has 3 aromatic rings. The maximum absolute atomic E-state index is 11.3. The van der Waals surface area contributed by atoms with Gasteiger partial charge in [-0.25, -0.2) is 0 Å². The van der Waals surface area contributed by atoms with Crippen molar-refractivity contribution in [2.24, 2.45) is 10.8 Å². The van der Waals surface area contributed by atoms with Crippen molar-refractivity contribution in [2.75, 3.05) is 13.2 Å². The van der Waals surface area contributed by atoms with Crippen LogP contribution in [-0.2, 0) is 33.1 Å². The molecular weight excluding hydrogens is 688 g/mol. The molecule has 218 valence electrons. The van der Waals surface area contributed by atoms with Crippen LogP contribution in [0.1, 0.15) is 38.8 Å². The molecule has 0 unspecified atom stereocenters. The number of hydrogen-bond acceptors (Lipinski definition) is 6. The summed E-state index contributed by atoms with van der Waals surface area (Å²) in [6.45, 7) is 8.96. The van der Waals surface area contributed by atoms with Crippen LogP contribution < -0.4 is 9.47 Å². The van der Waals surface area contributed by atoms with Crippen molar-refractivity contribution in [3.63, 3.8) is 0 Å². The van der Waals surface area contributed by atoms with Crippen molar-refractivity contribution in [3.05, 3.63) is 80.7 Å². The van der Waals surface area contributed by atoms with E-state index in [0.717, 1.165) is 20.1 Å². The first-order valence-corrected chi connectivity index (χ1v) is 16.7. The van der Waals surface area contributed by atoms with E-state index < -0.39 is 20.2 Å². The summed E-state index contributed by atoms with van der Waals surface area (Å²) in [6.07, 6.45) is 1.26. The smallest absolute Gasteiger partial charge is 0.294 e. The van der Waals surface area contributed by atoms with E-state index in [2.05, 4.69) is 31.9 Å². The minimum atomic E-state index is -4.23. The van der Waals surface area contributed by atoms with Gasteiger partial charge in [0.15, 0.2) is 0 Å². The third-order valence-electron chi connectivity index (χ3n) is 6.03. The number of halogens is 2. The Balaban J connectivity index is 1.59. The van der Waals surface area contributed by atoms with Crippen molar-refractivity contribution >= 4 is 52.1 Å². The van der Waals surface area contributed by atoms with Crippen molar-refractivity contribution in [2.45, 2.75) is 50.3 Å². The molecule has 0 spiro atoms. The standard InChI is InChI=1S/C28H32Br2O8S2/c1-27(2,15-19-5-9-21(10-6-19)39(31,32)33)17-37-25-13-24(30)26(14-23(25)29)38-18-28(3,4)16-20-7-11-22(12-8-20)40(34,35)36/h5-14H,15-18H2,1-4H3,(H,31,32,33)(H,34,35,36). The lowest BCUT2D eigenvalue weighted by atomic mass is 9.86. The third kappa shape index (κ3) is 9.56. The topological polar surface area (TPSA) is 127 Å². The summed E-state index contributed by atoms with van der Waals surface area (Å²) < 4.78 is 77.1. The second-order valence-corrected chi connectivity index (χ2v) is 15.8. The fraction of sp³-hybridized carbons (Fsp3) is 0.357. The summed E-state index contributed by atoms with van der Waals surface area (Å²) in [5.41, 5.74) is 1.29. The Labute approximate surface area is 252 Å². The van der Waals surface area contributed by atoms with Crippen LogP contribution in [0.3, 0.4) is 0 Å². The van der Waals surface area contributed by atoms with Crippen LogP contribution in [0, 0.1) is 10.8 Å². The monoisotopic (exact) mass is 718 g/mol. The highest BCUT2D eigenvalue weighted by Crippen LogP contribution is 2.38. The van der Waals surface area contributed by atoms with Crippen LogP contribution >= 0.6 is 31.9 Å². The average Bonchev–Trinajstić information content (AvgIpc) is 2.82. The maximum Gasteiger partial charge on any atom is 0.294 e. The SMILES string of the molecule is CC(C)(COc1cc(Br)c(OCC(C)(C)Cc2ccc(S(=O)(=O)O)cc2)cc1Br)Cc1ccc(S(=O)(=O)O)cc1. The number of ether oxygens (including phenoxy) is 2. The van der Waals surface area contributed by atoms with E-state index >= 15 is 0 Å². The van der Waals surface area contributed by atoms with E-state index in [0.29, 0.717) is 37.6 Å². The molecule has 0 bridgehead atoms. The second-order valence-electron chi connectivity index (χ2n) is 11.2. The summed E-state index contributed by atoms with van der Waals surface area (Å²) >= 11 is 7.13. The summed E-state index contributed by atoms with van der Waals surface area (Å²) in [5.74, 6) is 1.26. The lowest BCUT2D eigenvalue weighted by molar-refractivity contribution is 0.174. The second kappa shape index (κ2) is 12.5. The van der Waals surface area contributed by atoms with Gasteiger partial charge in [-0.3, -0.25) is 9.11 Å². The molecule has 3 aromatic carbocycles. The molecule has 2 N–H and O–H groups in total. The molecule has 12 heteroatoms. The van der Waals surface area contributed by atoms with Crippen LogP contribution in [0.15, 0.2) is 79.4 Å². The molecule has 0 aliphatic carbocycles. The molecule has 0 aromatic heterocycles. The van der Waals surface area contributed by atoms with Crippen LogP contribution in [0.25, 0.3) is 0 Å². The molecular formula is C28H32Br2O8S2. The molecule has 0 atom stereocenters. The first kappa shape index (κ1) is 32.6. The maximum atomic E-state index is 11.3. The quantitative estimate of drug-likeness (QED) is 0.192. The molecule has 0 saturated heterocycles. The largest absolute Gasteiger partial charge is 0.492 e. The van der Waals surface area contributed by atoms with E-state index in [4.69, 9.17) is 18.6 Å². The lowest BCUT2D eigenvalue weighted by Crippen LogP contribution is -2.25. The molecule has 0 heterocycles. The molecule has 3 rings (SSSR count). The zero-order valence-electron chi connectivity index (χ0n) is 22.5. The van der Waals surface area contributed by atoms with Gasteiger partial charge in [0.05, 0.1) is 32.0 Å². The Morgan fingerprint density at radius 2 is 0.925 bits per heavy atom. The molecule has 0 fully saturated rings. The van der Waals surface area contributed by atoms with Gasteiger partial charge in [-0.1, -0.05) is 52.0 Å². The molecule has 0 saturated carbocycles. The van der Waals surface area contributed by atoms with E-state index in [1.807, 2.05) is 39.8 Å². The molecule has 0 radical (unpaired) electrons. The van der Waals surface area contributed by atoms with E-state index in [1.54, 1.807) is 24.3 Å². The predicted molar refractivity (Wildman–Crippen MR) is 160 cm³/mol. The molecule has 8 nitrogen and oxygen atoms in total. The van der Waals surface area contributed by atoms with Crippen molar-refractivity contribution in [1.29, 1.82) is 0 Å². The van der Waals surface area contributed by atoms with Crippen LogP contribution in [0.5, 0.6) is 11.5 Å². The lowest BCUT2D eigenvalue weighted by Gasteiger charge is -2.27. The fourth-order valence-corrected chi connectivity index (χ4v) is 5.88. The fourth-order valence-electron chi connectivity index (χ4n) is 4.04. The number of hydrogen-bond donors (Lipinski definition) is 2.